The standard InChI is InChI=1S/C102H189O5P/c1-17-21-25-29-33-37-41-45-49-53-57-61-65-69-73-77-81-87-91(88(94(100(8,9)10)97(103)93(87)99(5,6)7)82-78-74-70-66-62-58-54-50-46-42-38-34-30-26-22-18-2)85-106-108(105)107-86-92-89(83-79-75-71-67-63-59-55-51-47-43-39-35-31-27-23-19-3)95(101(11,12)13)98(104)96(102(14,15)16)90(92)84-80-76-72-68-64-60-56-52-48-44-40-36-32-28-24-20-4/h17-86H2,1-16H3,(H-,103,104)/p+1. The van der Waals surface area contributed by atoms with E-state index in [1.165, 1.54) is 408 Å². The van der Waals surface area contributed by atoms with E-state index in [0.29, 0.717) is 11.5 Å². The average Bonchev–Trinajstić information content (AvgIpc) is 0.750. The fourth-order valence-electron chi connectivity index (χ4n) is 18.1. The van der Waals surface area contributed by atoms with E-state index in [2.05, 4.69) is 111 Å². The predicted molar refractivity (Wildman–Crippen MR) is 481 cm³/mol. The lowest BCUT2D eigenvalue weighted by atomic mass is 9.71. The predicted octanol–water partition coefficient (Wildman–Crippen LogP) is 35.9. The van der Waals surface area contributed by atoms with Crippen LogP contribution in [-0.2, 0) is 74.2 Å². The van der Waals surface area contributed by atoms with E-state index in [0.717, 1.165) is 84.7 Å². The third kappa shape index (κ3) is 47.8. The molecule has 0 radical (unpaired) electrons. The van der Waals surface area contributed by atoms with Crippen molar-refractivity contribution in [1.29, 1.82) is 0 Å². The molecule has 0 aliphatic carbocycles. The minimum Gasteiger partial charge on any atom is -0.507 e. The van der Waals surface area contributed by atoms with Crippen molar-refractivity contribution < 1.29 is 23.8 Å². The summed E-state index contributed by atoms with van der Waals surface area (Å²) in [7, 11) is -2.56. The molecule has 0 unspecified atom stereocenters. The Balaban J connectivity index is 2.54. The molecule has 0 fully saturated rings. The Hall–Kier alpha value is -1.94. The monoisotopic (exact) mass is 1530 g/mol. The molecule has 2 N–H and O–H groups in total. The molecule has 632 valence electrons. The number of hydrogen-bond acceptors (Lipinski definition) is 5. The van der Waals surface area contributed by atoms with Crippen LogP contribution in [0.15, 0.2) is 0 Å². The molecule has 0 aliphatic heterocycles. The summed E-state index contributed by atoms with van der Waals surface area (Å²) in [5, 5.41) is 25.9. The summed E-state index contributed by atoms with van der Waals surface area (Å²) in [6, 6.07) is 0. The number of rotatable bonds is 74. The maximum absolute atomic E-state index is 15.2. The molecular formula is C102H190O5P+. The second-order valence-electron chi connectivity index (χ2n) is 39.1. The van der Waals surface area contributed by atoms with Crippen LogP contribution in [0.2, 0.25) is 0 Å². The molecule has 108 heavy (non-hydrogen) atoms. The minimum absolute atomic E-state index is 0.193. The lowest BCUT2D eigenvalue weighted by Gasteiger charge is -2.34. The highest BCUT2D eigenvalue weighted by molar-refractivity contribution is 7.33. The number of phenolic OH excluding ortho intramolecular Hbond substituents is 2. The van der Waals surface area contributed by atoms with Crippen LogP contribution in [0, 0.1) is 0 Å². The van der Waals surface area contributed by atoms with Gasteiger partial charge in [0.2, 0.25) is 0 Å². The van der Waals surface area contributed by atoms with Crippen LogP contribution < -0.4 is 0 Å². The van der Waals surface area contributed by atoms with Crippen molar-refractivity contribution in [2.24, 2.45) is 0 Å². The zero-order valence-electron chi connectivity index (χ0n) is 76.1. The molecule has 0 heterocycles. The number of unbranched alkanes of at least 4 members (excludes halogenated alkanes) is 60. The van der Waals surface area contributed by atoms with E-state index in [1.807, 2.05) is 0 Å². The van der Waals surface area contributed by atoms with Gasteiger partial charge >= 0.3 is 8.25 Å². The van der Waals surface area contributed by atoms with Crippen molar-refractivity contribution in [3.8, 4) is 11.5 Å². The zero-order valence-corrected chi connectivity index (χ0v) is 77.0. The summed E-state index contributed by atoms with van der Waals surface area (Å²) in [5.41, 5.74) is 10.1. The highest BCUT2D eigenvalue weighted by Crippen LogP contribution is 2.50. The fourth-order valence-corrected chi connectivity index (χ4v) is 18.7. The van der Waals surface area contributed by atoms with Crippen LogP contribution in [0.25, 0.3) is 0 Å². The third-order valence-electron chi connectivity index (χ3n) is 24.4. The lowest BCUT2D eigenvalue weighted by Crippen LogP contribution is -2.24. The van der Waals surface area contributed by atoms with Crippen molar-refractivity contribution in [3.63, 3.8) is 0 Å². The van der Waals surface area contributed by atoms with Gasteiger partial charge in [-0.1, -0.05) is 496 Å². The van der Waals surface area contributed by atoms with Crippen molar-refractivity contribution in [1.82, 2.24) is 0 Å². The number of aromatic hydroxyl groups is 2. The maximum atomic E-state index is 15.2. The summed E-state index contributed by atoms with van der Waals surface area (Å²) in [6.45, 7) is 36.9. The smallest absolute Gasteiger partial charge is 0.507 e. The molecule has 2 aromatic rings. The van der Waals surface area contributed by atoms with Gasteiger partial charge in [0, 0.05) is 26.8 Å². The normalized spacial score (nSPS) is 12.4. The van der Waals surface area contributed by atoms with Gasteiger partial charge in [-0.05, 0) is 106 Å². The SMILES string of the molecule is CCCCCCCCCCCCCCCCCCc1c(CO[P+](=O)OCc2c(CCCCCCCCCCCCCCCCCC)c(C(C)(C)C)c(O)c(C(C)(C)C)c2CCCCCCCCCCCCCCCCCC)c(CCCCCCCCCCCCCCCCCC)c(C(C)(C)C)c(O)c1C(C)(C)C. The molecule has 0 atom stereocenters. The molecule has 0 amide bonds. The Bertz CT molecular complexity index is 2140. The summed E-state index contributed by atoms with van der Waals surface area (Å²) in [6.07, 6.45) is 88.9. The Morgan fingerprint density at radius 3 is 0.444 bits per heavy atom. The Morgan fingerprint density at radius 1 is 0.204 bits per heavy atom. The van der Waals surface area contributed by atoms with Crippen molar-refractivity contribution in [2.45, 2.75) is 582 Å². The second-order valence-corrected chi connectivity index (χ2v) is 40.0. The Morgan fingerprint density at radius 2 is 0.324 bits per heavy atom. The van der Waals surface area contributed by atoms with Gasteiger partial charge in [-0.2, -0.15) is 0 Å². The fraction of sp³-hybridized carbons (Fsp3) is 0.882. The first-order chi connectivity index (χ1) is 52.0. The van der Waals surface area contributed by atoms with E-state index in [-0.39, 0.29) is 34.9 Å². The van der Waals surface area contributed by atoms with Gasteiger partial charge in [-0.25, -0.2) is 0 Å². The van der Waals surface area contributed by atoms with Crippen molar-refractivity contribution >= 4 is 8.25 Å². The summed E-state index contributed by atoms with van der Waals surface area (Å²) in [4.78, 5) is 0. The summed E-state index contributed by atoms with van der Waals surface area (Å²) >= 11 is 0. The van der Waals surface area contributed by atoms with E-state index in [9.17, 15) is 10.2 Å². The van der Waals surface area contributed by atoms with Crippen LogP contribution in [0.5, 0.6) is 11.5 Å². The minimum atomic E-state index is -2.56. The lowest BCUT2D eigenvalue weighted by molar-refractivity contribution is 0.210. The van der Waals surface area contributed by atoms with Gasteiger partial charge in [-0.15, -0.1) is 9.05 Å². The Labute approximate surface area is 677 Å². The van der Waals surface area contributed by atoms with Crippen LogP contribution >= 0.6 is 8.25 Å². The second kappa shape index (κ2) is 64.3. The topological polar surface area (TPSA) is 76.0 Å². The summed E-state index contributed by atoms with van der Waals surface area (Å²) in [5.74, 6) is 0.950. The first kappa shape index (κ1) is 102. The molecule has 2 aromatic carbocycles. The molecule has 0 saturated carbocycles. The van der Waals surface area contributed by atoms with Gasteiger partial charge < -0.3 is 10.2 Å². The highest BCUT2D eigenvalue weighted by atomic mass is 31.1. The maximum Gasteiger partial charge on any atom is 0.698 e. The van der Waals surface area contributed by atoms with Crippen LogP contribution in [0.1, 0.15) is 577 Å². The van der Waals surface area contributed by atoms with Gasteiger partial charge in [-0.3, -0.25) is 0 Å². The molecule has 0 aliphatic rings. The van der Waals surface area contributed by atoms with E-state index in [4.69, 9.17) is 9.05 Å². The third-order valence-corrected chi connectivity index (χ3v) is 25.0. The first-order valence-corrected chi connectivity index (χ1v) is 49.6. The van der Waals surface area contributed by atoms with Crippen molar-refractivity contribution in [2.75, 3.05) is 0 Å². The van der Waals surface area contributed by atoms with Gasteiger partial charge in [0.1, 0.15) is 24.7 Å². The van der Waals surface area contributed by atoms with E-state index < -0.39 is 8.25 Å². The molecular weight excluding hydrogens is 1340 g/mol. The molecule has 0 bridgehead atoms. The van der Waals surface area contributed by atoms with Gasteiger partial charge in [0.15, 0.2) is 0 Å². The molecule has 2 rings (SSSR count). The Kier molecular flexibility index (Phi) is 60.8. The van der Waals surface area contributed by atoms with E-state index >= 15 is 4.57 Å². The van der Waals surface area contributed by atoms with Crippen LogP contribution in [0.4, 0.5) is 0 Å². The quantitative estimate of drug-likeness (QED) is 0.0510. The van der Waals surface area contributed by atoms with Crippen LogP contribution in [0.3, 0.4) is 0 Å². The molecule has 0 spiro atoms. The van der Waals surface area contributed by atoms with Gasteiger partial charge in [0.25, 0.3) is 0 Å². The number of phenols is 2. The van der Waals surface area contributed by atoms with Gasteiger partial charge in [0.05, 0.1) is 0 Å². The van der Waals surface area contributed by atoms with E-state index in [1.54, 1.807) is 0 Å². The number of hydrogen-bond donors (Lipinski definition) is 2. The first-order valence-electron chi connectivity index (χ1n) is 48.5. The highest BCUT2D eigenvalue weighted by Gasteiger charge is 2.38. The molecule has 6 heteroatoms. The zero-order chi connectivity index (χ0) is 79.4. The molecule has 5 nitrogen and oxygen atoms in total. The largest absolute Gasteiger partial charge is 0.698 e. The average molecular weight is 1530 g/mol. The molecule has 0 aromatic heterocycles. The van der Waals surface area contributed by atoms with Crippen molar-refractivity contribution in [3.05, 3.63) is 55.6 Å². The van der Waals surface area contributed by atoms with Crippen LogP contribution in [-0.4, -0.2) is 10.2 Å². The number of benzene rings is 2. The molecule has 0 saturated heterocycles. The summed E-state index contributed by atoms with van der Waals surface area (Å²) < 4.78 is 28.8.